The molecule has 1 aliphatic heterocycles. The van der Waals surface area contributed by atoms with Crippen LogP contribution in [0.1, 0.15) is 123 Å². The molecule has 0 bridgehead atoms. The summed E-state index contributed by atoms with van der Waals surface area (Å²) >= 11 is 0. The summed E-state index contributed by atoms with van der Waals surface area (Å²) in [5.74, 6) is -4.86. The molecule has 1 heterocycles. The number of aliphatic carboxylic acids is 3. The molecule has 0 fully saturated rings. The summed E-state index contributed by atoms with van der Waals surface area (Å²) in [5, 5.41) is 32.7. The van der Waals surface area contributed by atoms with Crippen molar-refractivity contribution in [2.75, 3.05) is 403 Å². The molecular weight excluding hydrogens is 1890 g/mol. The Morgan fingerprint density at radius 3 is 0.563 bits per heavy atom. The number of ketones is 4. The first kappa shape index (κ1) is 134. The van der Waals surface area contributed by atoms with Crippen LogP contribution < -0.4 is 10.6 Å². The van der Waals surface area contributed by atoms with Crippen LogP contribution in [0.15, 0.2) is 12.2 Å². The molecule has 1 aliphatic rings. The second-order valence-electron chi connectivity index (χ2n) is 31.6. The molecule has 0 unspecified atom stereocenters. The van der Waals surface area contributed by atoms with Crippen LogP contribution in [0.2, 0.25) is 0 Å². The van der Waals surface area contributed by atoms with E-state index >= 15 is 0 Å². The molecule has 47 heteroatoms. The lowest BCUT2D eigenvalue weighted by Gasteiger charge is -2.34. The second-order valence-corrected chi connectivity index (χ2v) is 31.6. The van der Waals surface area contributed by atoms with Gasteiger partial charge < -0.3 is 168 Å². The normalized spacial score (nSPS) is 12.3. The van der Waals surface area contributed by atoms with Crippen molar-refractivity contribution in [2.24, 2.45) is 0 Å². The first-order chi connectivity index (χ1) is 69.3. The van der Waals surface area contributed by atoms with E-state index in [2.05, 4.69) is 10.6 Å². The van der Waals surface area contributed by atoms with Crippen molar-refractivity contribution in [2.45, 2.75) is 134 Å². The van der Waals surface area contributed by atoms with E-state index in [1.807, 2.05) is 13.8 Å². The molecule has 1 rings (SSSR count). The highest BCUT2D eigenvalue weighted by Gasteiger charge is 2.36. The Balaban J connectivity index is 2.06. The standard InChI is InChI=1S/C95H169N3O44/c1-3-7-83(99)14-25-137-77-94(78-138-26-15-84(100)8-4-2,96-87(103)17-28-115-35-39-119-43-47-123-51-55-127-59-63-131-67-71-135-75-73-133-69-65-129-61-57-125-53-49-121-45-41-117-37-33-113-23-5-9-85(101)13-22-98-89(105)11-12-90(98)106)79-139-27-16-86(102)10-6-24-114-34-38-118-42-46-122-50-54-126-58-62-130-66-70-134-74-76-136-72-68-132-64-60-128-56-52-124-48-44-120-40-36-116-29-18-88(104)97-95(80-140-30-19-91(107)108,81-141-31-20-92(109)110)82-142-32-21-93(111)112/h11-12H,3-10,13-82H2,1-2H3,(H,96,103)(H,97,104)(H,107,108)(H,109,110)(H,111,112). The number of nitrogens with zero attached hydrogens (tertiary/aromatic N) is 1. The van der Waals surface area contributed by atoms with Gasteiger partial charge >= 0.3 is 17.9 Å². The summed E-state index contributed by atoms with van der Waals surface area (Å²) in [5.41, 5.74) is -2.60. The predicted octanol–water partition coefficient (Wildman–Crippen LogP) is 2.32. The van der Waals surface area contributed by atoms with E-state index in [0.29, 0.717) is 322 Å². The minimum absolute atomic E-state index is 0.00829. The van der Waals surface area contributed by atoms with E-state index in [4.69, 9.17) is 157 Å². The van der Waals surface area contributed by atoms with Gasteiger partial charge in [0.05, 0.1) is 402 Å². The third-order valence-corrected chi connectivity index (χ3v) is 19.2. The highest BCUT2D eigenvalue weighted by Crippen LogP contribution is 2.16. The van der Waals surface area contributed by atoms with E-state index in [-0.39, 0.29) is 231 Å². The lowest BCUT2D eigenvalue weighted by Crippen LogP contribution is -2.59. The largest absolute Gasteiger partial charge is 0.481 e. The Morgan fingerprint density at radius 2 is 0.373 bits per heavy atom. The molecule has 5 N–H and O–H groups in total. The first-order valence-electron chi connectivity index (χ1n) is 49.5. The topological polar surface area (TPSA) is 553 Å². The fraction of sp³-hybridized carbons (Fsp3) is 0.863. The van der Waals surface area contributed by atoms with Crippen molar-refractivity contribution in [3.63, 3.8) is 0 Å². The zero-order valence-corrected chi connectivity index (χ0v) is 84.3. The van der Waals surface area contributed by atoms with E-state index in [0.717, 1.165) is 4.90 Å². The monoisotopic (exact) mass is 2060 g/mol. The van der Waals surface area contributed by atoms with Crippen LogP contribution in [0.3, 0.4) is 0 Å². The maximum Gasteiger partial charge on any atom is 0.305 e. The summed E-state index contributed by atoms with van der Waals surface area (Å²) in [6, 6.07) is 0. The smallest absolute Gasteiger partial charge is 0.305 e. The van der Waals surface area contributed by atoms with E-state index in [9.17, 15) is 52.7 Å². The third-order valence-electron chi connectivity index (χ3n) is 19.2. The summed E-state index contributed by atoms with van der Waals surface area (Å²) in [4.78, 5) is 133. The summed E-state index contributed by atoms with van der Waals surface area (Å²) in [6.45, 7) is 20.4. The summed E-state index contributed by atoms with van der Waals surface area (Å²) in [6.07, 6.45) is 5.95. The molecular formula is C95H169N3O44. The number of nitrogens with one attached hydrogen (secondary N) is 2. The fourth-order valence-electron chi connectivity index (χ4n) is 11.9. The number of carboxylic acids is 3. The average Bonchev–Trinajstić information content (AvgIpc) is 0.897. The molecule has 0 spiro atoms. The quantitative estimate of drug-likeness (QED) is 0.0431. The molecule has 0 aromatic carbocycles. The molecule has 0 aromatic heterocycles. The van der Waals surface area contributed by atoms with Gasteiger partial charge in [-0.05, 0) is 25.7 Å². The van der Waals surface area contributed by atoms with Gasteiger partial charge in [-0.25, -0.2) is 0 Å². The van der Waals surface area contributed by atoms with Gasteiger partial charge in [0.1, 0.15) is 34.2 Å². The number of hydrogen-bond donors (Lipinski definition) is 5. The van der Waals surface area contributed by atoms with Crippen LogP contribution in [0.4, 0.5) is 0 Å². The lowest BCUT2D eigenvalue weighted by molar-refractivity contribution is -0.141. The number of carbonyl (C=O) groups is 11. The van der Waals surface area contributed by atoms with Crippen LogP contribution in [-0.4, -0.2) is 499 Å². The van der Waals surface area contributed by atoms with Gasteiger partial charge in [-0.3, -0.25) is 57.6 Å². The van der Waals surface area contributed by atoms with Gasteiger partial charge in [0.15, 0.2) is 0 Å². The number of imide groups is 1. The number of hydrogen-bond acceptors (Lipinski definition) is 41. The van der Waals surface area contributed by atoms with Crippen molar-refractivity contribution in [3.05, 3.63) is 12.2 Å². The number of rotatable bonds is 119. The summed E-state index contributed by atoms with van der Waals surface area (Å²) < 4.78 is 168. The number of amides is 4. The Hall–Kier alpha value is -6.29. The summed E-state index contributed by atoms with van der Waals surface area (Å²) in [7, 11) is 0. The number of carboxylic acid groups (broad SMARTS) is 3. The minimum atomic E-state index is -1.38. The molecule has 4 amide bonds. The van der Waals surface area contributed by atoms with Crippen molar-refractivity contribution in [1.29, 1.82) is 0 Å². The predicted molar refractivity (Wildman–Crippen MR) is 505 cm³/mol. The van der Waals surface area contributed by atoms with Gasteiger partial charge in [0.25, 0.3) is 11.8 Å². The zero-order chi connectivity index (χ0) is 103. The van der Waals surface area contributed by atoms with Crippen LogP contribution in [-0.2, 0) is 195 Å². The van der Waals surface area contributed by atoms with E-state index in [1.165, 1.54) is 12.2 Å². The van der Waals surface area contributed by atoms with Crippen molar-refractivity contribution in [1.82, 2.24) is 15.5 Å². The van der Waals surface area contributed by atoms with Crippen molar-refractivity contribution in [3.8, 4) is 0 Å². The fourth-order valence-corrected chi connectivity index (χ4v) is 11.9. The van der Waals surface area contributed by atoms with Gasteiger partial charge in [-0.2, -0.15) is 0 Å². The van der Waals surface area contributed by atoms with E-state index < -0.39 is 34.9 Å². The van der Waals surface area contributed by atoms with E-state index in [1.54, 1.807) is 0 Å². The number of carbonyl (C=O) groups excluding carboxylic acids is 8. The Kier molecular flexibility index (Phi) is 96.0. The second kappa shape index (κ2) is 102. The van der Waals surface area contributed by atoms with Crippen LogP contribution in [0.25, 0.3) is 0 Å². The Morgan fingerprint density at radius 1 is 0.211 bits per heavy atom. The molecule has 0 aliphatic carbocycles. The van der Waals surface area contributed by atoms with Gasteiger partial charge in [0.2, 0.25) is 11.8 Å². The number of ether oxygens (including phenoxy) is 30. The first-order valence-corrected chi connectivity index (χ1v) is 49.5. The van der Waals surface area contributed by atoms with Gasteiger partial charge in [0, 0.05) is 96.1 Å². The van der Waals surface area contributed by atoms with Crippen molar-refractivity contribution < 1.29 is 210 Å². The third kappa shape index (κ3) is 92.3. The average molecular weight is 2060 g/mol. The molecule has 47 nitrogen and oxygen atoms in total. The molecule has 0 radical (unpaired) electrons. The molecule has 142 heavy (non-hydrogen) atoms. The van der Waals surface area contributed by atoms with Crippen LogP contribution in [0.5, 0.6) is 0 Å². The van der Waals surface area contributed by atoms with Crippen LogP contribution >= 0.6 is 0 Å². The molecule has 0 atom stereocenters. The van der Waals surface area contributed by atoms with Crippen molar-refractivity contribution >= 4 is 64.7 Å². The Bertz CT molecular complexity index is 2980. The van der Waals surface area contributed by atoms with Gasteiger partial charge in [-0.15, -0.1) is 0 Å². The minimum Gasteiger partial charge on any atom is -0.481 e. The van der Waals surface area contributed by atoms with Gasteiger partial charge in [-0.1, -0.05) is 13.8 Å². The molecule has 828 valence electrons. The lowest BCUT2D eigenvalue weighted by atomic mass is 10.0. The Labute approximate surface area is 836 Å². The molecule has 0 aromatic rings. The zero-order valence-electron chi connectivity index (χ0n) is 84.3. The maximum absolute atomic E-state index is 13.6. The highest BCUT2D eigenvalue weighted by molar-refractivity contribution is 6.13. The maximum atomic E-state index is 13.6. The van der Waals surface area contributed by atoms with Crippen LogP contribution in [0, 0.1) is 0 Å². The highest BCUT2D eigenvalue weighted by atomic mass is 16.6. The SMILES string of the molecule is CCCC(=O)CCOCC(COCCC(=O)CCC)(COCCC(=O)CCCOCCOCCOCCOCCOCCOCCOCCOCCOCCOCCOCCOCCC(=O)NC(COCCC(=O)O)(COCCC(=O)O)COCCC(=O)O)NC(=O)CCOCCOCCOCCOCCOCCOCCOCCOCCOCCOCCOCCOCCCC(=O)CCN1C(=O)C=CC1=O. The molecule has 0 saturated heterocycles. The number of Topliss-reactive ketones (excluding diaryl/α,β-unsaturated/α-hetero) is 4. The molecule has 0 saturated carbocycles.